The fourth-order valence-electron chi connectivity index (χ4n) is 2.62. The molecule has 2 N–H and O–H groups in total. The fourth-order valence-corrected chi connectivity index (χ4v) is 2.62. The second-order valence-corrected chi connectivity index (χ2v) is 6.61. The highest BCUT2D eigenvalue weighted by Crippen LogP contribution is 2.29. The smallest absolute Gasteiger partial charge is 0.160 e. The maximum Gasteiger partial charge on any atom is 0.160 e. The Morgan fingerprint density at radius 2 is 2.05 bits per heavy atom. The van der Waals surface area contributed by atoms with E-state index in [9.17, 15) is 0 Å². The quantitative estimate of drug-likeness (QED) is 0.866. The van der Waals surface area contributed by atoms with Crippen LogP contribution in [0.1, 0.15) is 45.3 Å². The summed E-state index contributed by atoms with van der Waals surface area (Å²) in [7, 11) is 0. The molecule has 2 aromatic heterocycles. The van der Waals surface area contributed by atoms with Crippen LogP contribution in [0.5, 0.6) is 0 Å². The van der Waals surface area contributed by atoms with Gasteiger partial charge >= 0.3 is 0 Å². The highest BCUT2D eigenvalue weighted by Gasteiger charge is 2.20. The molecule has 0 fully saturated rings. The van der Waals surface area contributed by atoms with Crippen LogP contribution in [0.4, 0.5) is 5.82 Å². The number of hydrogen-bond donors (Lipinski definition) is 1. The van der Waals surface area contributed by atoms with Crippen LogP contribution in [0.15, 0.2) is 36.4 Å². The van der Waals surface area contributed by atoms with Gasteiger partial charge in [-0.1, -0.05) is 45.1 Å². The molecule has 3 rings (SSSR count). The summed E-state index contributed by atoms with van der Waals surface area (Å²) in [6.45, 7) is 6.50. The molecule has 110 valence electrons. The lowest BCUT2D eigenvalue weighted by atomic mass is 9.91. The Kier molecular flexibility index (Phi) is 3.32. The summed E-state index contributed by atoms with van der Waals surface area (Å²) in [5.41, 5.74) is 8.03. The first-order valence-corrected chi connectivity index (χ1v) is 7.45. The van der Waals surface area contributed by atoms with Crippen molar-refractivity contribution in [1.82, 2.24) is 14.8 Å². The summed E-state index contributed by atoms with van der Waals surface area (Å²) in [5.74, 6) is 0.559. The molecule has 21 heavy (non-hydrogen) atoms. The van der Waals surface area contributed by atoms with Crippen LogP contribution in [0.3, 0.4) is 0 Å². The van der Waals surface area contributed by atoms with E-state index in [0.29, 0.717) is 5.82 Å². The number of allylic oxidation sites excluding steroid dienone is 4. The molecule has 0 aromatic carbocycles. The van der Waals surface area contributed by atoms with Crippen LogP contribution in [-0.2, 0) is 5.41 Å². The average molecular weight is 282 g/mol. The van der Waals surface area contributed by atoms with E-state index in [4.69, 9.17) is 10.7 Å². The van der Waals surface area contributed by atoms with Crippen molar-refractivity contribution in [3.05, 3.63) is 42.1 Å². The number of pyridine rings is 1. The zero-order valence-electron chi connectivity index (χ0n) is 12.9. The summed E-state index contributed by atoms with van der Waals surface area (Å²) < 4.78 is 1.98. The number of nitrogen functional groups attached to an aromatic ring is 1. The lowest BCUT2D eigenvalue weighted by Gasteiger charge is -2.18. The Morgan fingerprint density at radius 3 is 2.81 bits per heavy atom. The second-order valence-electron chi connectivity index (χ2n) is 6.61. The maximum atomic E-state index is 6.07. The number of anilines is 1. The Labute approximate surface area is 125 Å². The number of fused-ring (bicyclic) bond motifs is 1. The summed E-state index contributed by atoms with van der Waals surface area (Å²) in [6.07, 6.45) is 10.6. The Balaban J connectivity index is 2.14. The van der Waals surface area contributed by atoms with E-state index in [0.717, 1.165) is 29.6 Å². The molecule has 2 heterocycles. The molecule has 0 spiro atoms. The van der Waals surface area contributed by atoms with Gasteiger partial charge in [0, 0.05) is 11.1 Å². The predicted molar refractivity (Wildman–Crippen MR) is 87.2 cm³/mol. The third-order valence-electron chi connectivity index (χ3n) is 3.88. The van der Waals surface area contributed by atoms with Crippen LogP contribution in [0.25, 0.3) is 11.0 Å². The number of nitrogens with zero attached hydrogens (tertiary/aromatic N) is 3. The van der Waals surface area contributed by atoms with Crippen molar-refractivity contribution in [1.29, 1.82) is 0 Å². The molecule has 1 unspecified atom stereocenters. The number of aromatic nitrogens is 3. The lowest BCUT2D eigenvalue weighted by molar-refractivity contribution is 0.519. The molecule has 0 radical (unpaired) electrons. The van der Waals surface area contributed by atoms with Gasteiger partial charge in [0.25, 0.3) is 0 Å². The van der Waals surface area contributed by atoms with E-state index in [1.165, 1.54) is 0 Å². The first kappa shape index (κ1) is 13.9. The molecular formula is C17H22N4. The van der Waals surface area contributed by atoms with Gasteiger partial charge in [0.05, 0.1) is 11.4 Å². The van der Waals surface area contributed by atoms with Crippen LogP contribution in [0, 0.1) is 0 Å². The first-order valence-electron chi connectivity index (χ1n) is 7.45. The predicted octanol–water partition coefficient (Wildman–Crippen LogP) is 3.76. The molecular weight excluding hydrogens is 260 g/mol. The van der Waals surface area contributed by atoms with Gasteiger partial charge in [-0.25, -0.2) is 9.67 Å². The standard InChI is InChI=1S/C17H22N4/c1-17(2,3)14-11-10-13-15(18)20-21(16(13)19-14)12-8-6-4-5-7-9-12/h4-6,8,10-12H,7,9H2,1-3H3,(H2,18,20). The lowest BCUT2D eigenvalue weighted by Crippen LogP contribution is -2.15. The highest BCUT2D eigenvalue weighted by molar-refractivity contribution is 5.86. The minimum atomic E-state index is 0.0128. The minimum absolute atomic E-state index is 0.0128. The van der Waals surface area contributed by atoms with Crippen molar-refractivity contribution < 1.29 is 0 Å². The summed E-state index contributed by atoms with van der Waals surface area (Å²) in [5, 5.41) is 5.47. The average Bonchev–Trinajstić information content (AvgIpc) is 2.64. The van der Waals surface area contributed by atoms with E-state index >= 15 is 0 Å². The van der Waals surface area contributed by atoms with E-state index in [2.05, 4.69) is 56.2 Å². The third-order valence-corrected chi connectivity index (χ3v) is 3.88. The normalized spacial score (nSPS) is 19.1. The monoisotopic (exact) mass is 282 g/mol. The Morgan fingerprint density at radius 1 is 1.24 bits per heavy atom. The van der Waals surface area contributed by atoms with E-state index in [1.807, 2.05) is 10.7 Å². The van der Waals surface area contributed by atoms with Gasteiger partial charge < -0.3 is 5.73 Å². The molecule has 2 aromatic rings. The van der Waals surface area contributed by atoms with Gasteiger partial charge in [0.15, 0.2) is 11.5 Å². The summed E-state index contributed by atoms with van der Waals surface area (Å²) >= 11 is 0. The summed E-state index contributed by atoms with van der Waals surface area (Å²) in [6, 6.07) is 4.30. The zero-order chi connectivity index (χ0) is 15.0. The van der Waals surface area contributed by atoms with Crippen molar-refractivity contribution in [2.24, 2.45) is 0 Å². The van der Waals surface area contributed by atoms with Crippen molar-refractivity contribution >= 4 is 16.9 Å². The molecule has 1 aliphatic carbocycles. The fraction of sp³-hybridized carbons (Fsp3) is 0.412. The zero-order valence-corrected chi connectivity index (χ0v) is 12.9. The topological polar surface area (TPSA) is 56.7 Å². The first-order chi connectivity index (χ1) is 9.97. The summed E-state index contributed by atoms with van der Waals surface area (Å²) in [4.78, 5) is 4.84. The number of hydrogen-bond acceptors (Lipinski definition) is 3. The van der Waals surface area contributed by atoms with Gasteiger partial charge in [-0.2, -0.15) is 5.10 Å². The minimum Gasteiger partial charge on any atom is -0.382 e. The van der Waals surface area contributed by atoms with E-state index in [-0.39, 0.29) is 11.5 Å². The molecule has 4 heteroatoms. The second kappa shape index (κ2) is 5.02. The number of rotatable bonds is 1. The van der Waals surface area contributed by atoms with Crippen LogP contribution in [0.2, 0.25) is 0 Å². The third kappa shape index (κ3) is 2.58. The van der Waals surface area contributed by atoms with Crippen molar-refractivity contribution in [2.45, 2.75) is 45.1 Å². The molecule has 1 atom stereocenters. The van der Waals surface area contributed by atoms with Crippen LogP contribution < -0.4 is 5.73 Å². The molecule has 0 saturated carbocycles. The Bertz CT molecular complexity index is 716. The molecule has 0 saturated heterocycles. The highest BCUT2D eigenvalue weighted by atomic mass is 15.3. The molecule has 1 aliphatic rings. The van der Waals surface area contributed by atoms with Crippen LogP contribution in [-0.4, -0.2) is 14.8 Å². The molecule has 4 nitrogen and oxygen atoms in total. The van der Waals surface area contributed by atoms with Crippen molar-refractivity contribution in [3.8, 4) is 0 Å². The van der Waals surface area contributed by atoms with Gasteiger partial charge in [0.1, 0.15) is 0 Å². The van der Waals surface area contributed by atoms with Gasteiger partial charge in [0.2, 0.25) is 0 Å². The van der Waals surface area contributed by atoms with Crippen LogP contribution >= 0.6 is 0 Å². The molecule has 0 aliphatic heterocycles. The van der Waals surface area contributed by atoms with Gasteiger partial charge in [-0.3, -0.25) is 0 Å². The van der Waals surface area contributed by atoms with Gasteiger partial charge in [-0.05, 0) is 25.0 Å². The van der Waals surface area contributed by atoms with E-state index in [1.54, 1.807) is 0 Å². The SMILES string of the molecule is CC(C)(C)c1ccc2c(N)nn(C3C=CC=CCC3)c2n1. The maximum absolute atomic E-state index is 6.07. The van der Waals surface area contributed by atoms with Crippen molar-refractivity contribution in [2.75, 3.05) is 5.73 Å². The largest absolute Gasteiger partial charge is 0.382 e. The Hall–Kier alpha value is -2.10. The molecule has 0 bridgehead atoms. The van der Waals surface area contributed by atoms with Gasteiger partial charge in [-0.15, -0.1) is 0 Å². The van der Waals surface area contributed by atoms with E-state index < -0.39 is 0 Å². The molecule has 0 amide bonds. The number of nitrogens with two attached hydrogens (primary N) is 1. The van der Waals surface area contributed by atoms with Crippen molar-refractivity contribution in [3.63, 3.8) is 0 Å².